The maximum Gasteiger partial charge on any atom is 0.0136 e. The molecule has 1 aliphatic heterocycles. The maximum atomic E-state index is 3.73. The van der Waals surface area contributed by atoms with Crippen molar-refractivity contribution < 1.29 is 0 Å². The van der Waals surface area contributed by atoms with E-state index in [1.165, 1.54) is 64.6 Å². The van der Waals surface area contributed by atoms with Crippen LogP contribution in [0.15, 0.2) is 0 Å². The zero-order valence-corrected chi connectivity index (χ0v) is 12.3. The molecule has 1 N–H and O–H groups in total. The molecule has 3 fully saturated rings. The molecule has 0 aromatic heterocycles. The molecule has 0 radical (unpaired) electrons. The average molecular weight is 250 g/mol. The van der Waals surface area contributed by atoms with E-state index in [2.05, 4.69) is 24.1 Å². The molecule has 0 aromatic carbocycles. The Morgan fingerprint density at radius 3 is 2.39 bits per heavy atom. The number of likely N-dealkylation sites (tertiary alicyclic amines) is 1. The first-order valence-corrected chi connectivity index (χ1v) is 8.24. The van der Waals surface area contributed by atoms with Gasteiger partial charge in [0.15, 0.2) is 0 Å². The van der Waals surface area contributed by atoms with Crippen molar-refractivity contribution in [1.82, 2.24) is 10.2 Å². The third kappa shape index (κ3) is 2.46. The smallest absolute Gasteiger partial charge is 0.0136 e. The van der Waals surface area contributed by atoms with E-state index in [0.29, 0.717) is 5.41 Å². The van der Waals surface area contributed by atoms with E-state index < -0.39 is 0 Å². The molecular formula is C16H30N2. The standard InChI is InChI=1S/C16H30N2/c1-3-16(4-2)9-10-18(12-16)15-8-5-13(15)11-17-14-6-7-14/h13-15,17H,3-12H2,1-2H3. The predicted octanol–water partition coefficient (Wildman–Crippen LogP) is 3.03. The van der Waals surface area contributed by atoms with Crippen molar-refractivity contribution in [2.24, 2.45) is 11.3 Å². The molecule has 104 valence electrons. The lowest BCUT2D eigenvalue weighted by molar-refractivity contribution is 0.0694. The van der Waals surface area contributed by atoms with E-state index in [4.69, 9.17) is 0 Å². The zero-order chi connectivity index (χ0) is 12.6. The van der Waals surface area contributed by atoms with Crippen LogP contribution in [0.1, 0.15) is 58.8 Å². The van der Waals surface area contributed by atoms with Crippen molar-refractivity contribution in [2.45, 2.75) is 70.9 Å². The Labute approximate surface area is 113 Å². The van der Waals surface area contributed by atoms with Crippen LogP contribution in [-0.4, -0.2) is 36.6 Å². The van der Waals surface area contributed by atoms with E-state index in [9.17, 15) is 0 Å². The van der Waals surface area contributed by atoms with Crippen molar-refractivity contribution in [3.63, 3.8) is 0 Å². The summed E-state index contributed by atoms with van der Waals surface area (Å²) < 4.78 is 0. The van der Waals surface area contributed by atoms with Crippen molar-refractivity contribution in [2.75, 3.05) is 19.6 Å². The highest BCUT2D eigenvalue weighted by Gasteiger charge is 2.43. The first-order valence-electron chi connectivity index (χ1n) is 8.24. The number of hydrogen-bond donors (Lipinski definition) is 1. The summed E-state index contributed by atoms with van der Waals surface area (Å²) in [5, 5.41) is 3.73. The molecule has 2 nitrogen and oxygen atoms in total. The van der Waals surface area contributed by atoms with E-state index >= 15 is 0 Å². The van der Waals surface area contributed by atoms with Crippen LogP contribution in [-0.2, 0) is 0 Å². The van der Waals surface area contributed by atoms with Gasteiger partial charge >= 0.3 is 0 Å². The fourth-order valence-corrected chi connectivity index (χ4v) is 3.96. The second-order valence-electron chi connectivity index (χ2n) is 7.01. The molecule has 2 aliphatic carbocycles. The van der Waals surface area contributed by atoms with Gasteiger partial charge in [0.25, 0.3) is 0 Å². The van der Waals surface area contributed by atoms with Crippen molar-refractivity contribution in [1.29, 1.82) is 0 Å². The fourth-order valence-electron chi connectivity index (χ4n) is 3.96. The lowest BCUT2D eigenvalue weighted by Gasteiger charge is -2.44. The first kappa shape index (κ1) is 12.9. The summed E-state index contributed by atoms with van der Waals surface area (Å²) in [4.78, 5) is 2.83. The molecular weight excluding hydrogens is 220 g/mol. The summed E-state index contributed by atoms with van der Waals surface area (Å²) in [5.41, 5.74) is 0.657. The number of nitrogens with zero attached hydrogens (tertiary/aromatic N) is 1. The Hall–Kier alpha value is -0.0800. The lowest BCUT2D eigenvalue weighted by atomic mass is 9.77. The Morgan fingerprint density at radius 1 is 1.11 bits per heavy atom. The van der Waals surface area contributed by atoms with Gasteiger partial charge in [-0.1, -0.05) is 13.8 Å². The summed E-state index contributed by atoms with van der Waals surface area (Å²) in [5.74, 6) is 0.954. The van der Waals surface area contributed by atoms with Crippen LogP contribution in [0.25, 0.3) is 0 Å². The molecule has 0 bridgehead atoms. The van der Waals surface area contributed by atoms with Gasteiger partial charge in [0.1, 0.15) is 0 Å². The molecule has 0 aromatic rings. The second kappa shape index (κ2) is 5.13. The number of nitrogens with one attached hydrogen (secondary N) is 1. The van der Waals surface area contributed by atoms with Crippen LogP contribution in [0.3, 0.4) is 0 Å². The van der Waals surface area contributed by atoms with Crippen LogP contribution < -0.4 is 5.32 Å². The summed E-state index contributed by atoms with van der Waals surface area (Å²) in [6.07, 6.45) is 9.97. The van der Waals surface area contributed by atoms with Gasteiger partial charge in [-0.3, -0.25) is 4.90 Å². The summed E-state index contributed by atoms with van der Waals surface area (Å²) in [7, 11) is 0. The van der Waals surface area contributed by atoms with Gasteiger partial charge in [0.05, 0.1) is 0 Å². The average Bonchev–Trinajstić information content (AvgIpc) is 3.08. The Bertz CT molecular complexity index is 281. The lowest BCUT2D eigenvalue weighted by Crippen LogP contribution is -2.50. The van der Waals surface area contributed by atoms with Crippen molar-refractivity contribution in [3.8, 4) is 0 Å². The van der Waals surface area contributed by atoms with E-state index in [1.807, 2.05) is 0 Å². The highest BCUT2D eigenvalue weighted by molar-refractivity contribution is 4.98. The summed E-state index contributed by atoms with van der Waals surface area (Å²) >= 11 is 0. The molecule has 2 atom stereocenters. The van der Waals surface area contributed by atoms with Crippen LogP contribution in [0.4, 0.5) is 0 Å². The normalized spacial score (nSPS) is 35.7. The quantitative estimate of drug-likeness (QED) is 0.779. The maximum absolute atomic E-state index is 3.73. The number of rotatable bonds is 6. The minimum atomic E-state index is 0.657. The minimum Gasteiger partial charge on any atom is -0.314 e. The van der Waals surface area contributed by atoms with Gasteiger partial charge in [0, 0.05) is 18.6 Å². The van der Waals surface area contributed by atoms with Gasteiger partial charge in [-0.25, -0.2) is 0 Å². The molecule has 0 spiro atoms. The molecule has 2 heteroatoms. The molecule has 3 rings (SSSR count). The summed E-state index contributed by atoms with van der Waals surface area (Å²) in [6, 6.07) is 1.80. The SMILES string of the molecule is CCC1(CC)CCN(C2CCC2CNC2CC2)C1. The molecule has 3 aliphatic rings. The highest BCUT2D eigenvalue weighted by atomic mass is 15.2. The van der Waals surface area contributed by atoms with Gasteiger partial charge in [-0.05, 0) is 69.4 Å². The van der Waals surface area contributed by atoms with Crippen LogP contribution in [0.2, 0.25) is 0 Å². The minimum absolute atomic E-state index is 0.657. The molecule has 2 unspecified atom stereocenters. The van der Waals surface area contributed by atoms with Crippen molar-refractivity contribution in [3.05, 3.63) is 0 Å². The third-order valence-electron chi connectivity index (χ3n) is 6.06. The number of hydrogen-bond acceptors (Lipinski definition) is 2. The molecule has 18 heavy (non-hydrogen) atoms. The Balaban J connectivity index is 1.49. The highest BCUT2D eigenvalue weighted by Crippen LogP contribution is 2.42. The van der Waals surface area contributed by atoms with E-state index in [0.717, 1.165) is 18.0 Å². The summed E-state index contributed by atoms with van der Waals surface area (Å²) in [6.45, 7) is 8.81. The molecule has 1 saturated heterocycles. The van der Waals surface area contributed by atoms with E-state index in [-0.39, 0.29) is 0 Å². The monoisotopic (exact) mass is 250 g/mol. The molecule has 1 heterocycles. The molecule has 2 saturated carbocycles. The Morgan fingerprint density at radius 2 is 1.89 bits per heavy atom. The van der Waals surface area contributed by atoms with Gasteiger partial charge in [0.2, 0.25) is 0 Å². The predicted molar refractivity (Wildman–Crippen MR) is 76.7 cm³/mol. The van der Waals surface area contributed by atoms with Gasteiger partial charge in [-0.15, -0.1) is 0 Å². The second-order valence-corrected chi connectivity index (χ2v) is 7.01. The van der Waals surface area contributed by atoms with Crippen LogP contribution in [0.5, 0.6) is 0 Å². The third-order valence-corrected chi connectivity index (χ3v) is 6.06. The Kier molecular flexibility index (Phi) is 3.68. The topological polar surface area (TPSA) is 15.3 Å². The van der Waals surface area contributed by atoms with Crippen molar-refractivity contribution >= 4 is 0 Å². The fraction of sp³-hybridized carbons (Fsp3) is 1.00. The largest absolute Gasteiger partial charge is 0.314 e. The van der Waals surface area contributed by atoms with E-state index in [1.54, 1.807) is 0 Å². The first-order chi connectivity index (χ1) is 8.76. The van der Waals surface area contributed by atoms with Crippen LogP contribution >= 0.6 is 0 Å². The van der Waals surface area contributed by atoms with Crippen LogP contribution in [0, 0.1) is 11.3 Å². The van der Waals surface area contributed by atoms with Gasteiger partial charge in [-0.2, -0.15) is 0 Å². The molecule has 0 amide bonds. The van der Waals surface area contributed by atoms with Gasteiger partial charge < -0.3 is 5.32 Å². The zero-order valence-electron chi connectivity index (χ0n) is 12.3.